The topological polar surface area (TPSA) is 171 Å². The first-order valence-corrected chi connectivity index (χ1v) is 19.7. The molecular formula is C45H55N3O9. The van der Waals surface area contributed by atoms with Gasteiger partial charge in [0.2, 0.25) is 6.29 Å². The number of ketones is 1. The van der Waals surface area contributed by atoms with Crippen molar-refractivity contribution in [1.82, 2.24) is 10.3 Å². The van der Waals surface area contributed by atoms with E-state index in [1.165, 1.54) is 26.2 Å². The van der Waals surface area contributed by atoms with E-state index in [9.17, 15) is 24.0 Å². The second kappa shape index (κ2) is 21.0. The third-order valence-corrected chi connectivity index (χ3v) is 9.93. The molecule has 1 fully saturated rings. The predicted molar refractivity (Wildman–Crippen MR) is 217 cm³/mol. The lowest BCUT2D eigenvalue weighted by atomic mass is 9.90. The highest BCUT2D eigenvalue weighted by atomic mass is 16.7. The summed E-state index contributed by atoms with van der Waals surface area (Å²) < 4.78 is 21.9. The number of aromatic nitrogens is 1. The van der Waals surface area contributed by atoms with Crippen molar-refractivity contribution in [2.75, 3.05) is 20.3 Å². The van der Waals surface area contributed by atoms with Crippen LogP contribution in [0, 0.1) is 23.2 Å². The van der Waals surface area contributed by atoms with Crippen molar-refractivity contribution in [2.24, 2.45) is 17.8 Å². The number of hydrogen-bond donors (Lipinski definition) is 2. The van der Waals surface area contributed by atoms with Gasteiger partial charge in [-0.15, -0.1) is 0 Å². The van der Waals surface area contributed by atoms with Crippen LogP contribution in [-0.2, 0) is 30.2 Å². The van der Waals surface area contributed by atoms with Gasteiger partial charge in [0.25, 0.3) is 5.91 Å². The summed E-state index contributed by atoms with van der Waals surface area (Å²) in [6.07, 6.45) is 6.04. The summed E-state index contributed by atoms with van der Waals surface area (Å²) in [6.45, 7) is 13.7. The van der Waals surface area contributed by atoms with Crippen molar-refractivity contribution >= 4 is 41.4 Å². The molecule has 304 valence electrons. The number of unbranched alkanes of at least 4 members (excludes halogenated alkanes) is 3. The number of methoxy groups -OCH3 is 1. The van der Waals surface area contributed by atoms with Gasteiger partial charge in [0.1, 0.15) is 11.4 Å². The van der Waals surface area contributed by atoms with Crippen molar-refractivity contribution in [3.8, 4) is 16.9 Å². The van der Waals surface area contributed by atoms with Gasteiger partial charge in [0.05, 0.1) is 26.1 Å². The maximum absolute atomic E-state index is 14.2. The Hall–Kier alpha value is -5.65. The Labute approximate surface area is 335 Å². The van der Waals surface area contributed by atoms with E-state index in [0.29, 0.717) is 41.5 Å². The largest absolute Gasteiger partial charge is 0.496 e. The molecule has 2 aromatic carbocycles. The van der Waals surface area contributed by atoms with Crippen LogP contribution in [0.1, 0.15) is 128 Å². The van der Waals surface area contributed by atoms with Gasteiger partial charge < -0.3 is 29.7 Å². The fourth-order valence-electron chi connectivity index (χ4n) is 5.88. The van der Waals surface area contributed by atoms with Gasteiger partial charge in [-0.25, -0.2) is 9.78 Å². The zero-order chi connectivity index (χ0) is 41.6. The molecule has 2 atom stereocenters. The number of benzene rings is 2. The van der Waals surface area contributed by atoms with E-state index in [-0.39, 0.29) is 58.3 Å². The van der Waals surface area contributed by atoms with Crippen LogP contribution in [0.4, 0.5) is 0 Å². The minimum absolute atomic E-state index is 0.00381. The van der Waals surface area contributed by atoms with Gasteiger partial charge in [-0.2, -0.15) is 0 Å². The number of rotatable bonds is 22. The molecule has 0 saturated heterocycles. The van der Waals surface area contributed by atoms with Crippen molar-refractivity contribution in [3.05, 3.63) is 88.8 Å². The van der Waals surface area contributed by atoms with Crippen LogP contribution in [0.3, 0.4) is 0 Å². The molecule has 1 saturated carbocycles. The molecule has 12 heteroatoms. The Morgan fingerprint density at radius 3 is 2.30 bits per heavy atom. The number of Topliss-reactive ketones (excluding diaryl/α,β-unsaturated/α-hetero) is 1. The summed E-state index contributed by atoms with van der Waals surface area (Å²) in [6, 6.07) is 13.0. The lowest BCUT2D eigenvalue weighted by Gasteiger charge is -2.20. The first-order chi connectivity index (χ1) is 27.3. The van der Waals surface area contributed by atoms with Gasteiger partial charge in [0, 0.05) is 42.3 Å². The molecule has 4 rings (SSSR count). The fourth-order valence-corrected chi connectivity index (χ4v) is 5.88. The maximum atomic E-state index is 14.2. The second-order valence-corrected chi connectivity index (χ2v) is 14.8. The number of esters is 3. The number of amides is 1. The molecule has 0 spiro atoms. The van der Waals surface area contributed by atoms with Gasteiger partial charge in [-0.05, 0) is 72.1 Å². The van der Waals surface area contributed by atoms with E-state index in [4.69, 9.17) is 24.4 Å². The van der Waals surface area contributed by atoms with Crippen LogP contribution in [0.25, 0.3) is 17.2 Å². The highest BCUT2D eigenvalue weighted by Gasteiger charge is 2.28. The van der Waals surface area contributed by atoms with Crippen LogP contribution in [0.5, 0.6) is 5.75 Å². The molecule has 1 heterocycles. The average molecular weight is 782 g/mol. The normalized spacial score (nSPS) is 13.2. The number of nitrogens with zero attached hydrogens (tertiary/aromatic N) is 1. The SMILES string of the molecule is C=Cc1cc(C(=O)Cc2ccc(C(=N)CC(=O)OCCCCCC)cc2)c(-c2ccc(C(=O)NCC3CC3)nc2C(=O)OC(C)OC(=O)[C@@H](C)C(C)C)cc1OC. The predicted octanol–water partition coefficient (Wildman–Crippen LogP) is 8.18. The Morgan fingerprint density at radius 1 is 0.947 bits per heavy atom. The minimum Gasteiger partial charge on any atom is -0.496 e. The lowest BCUT2D eigenvalue weighted by molar-refractivity contribution is -0.171. The van der Waals surface area contributed by atoms with Crippen molar-refractivity contribution < 1.29 is 42.9 Å². The summed E-state index contributed by atoms with van der Waals surface area (Å²) >= 11 is 0. The average Bonchev–Trinajstić information content (AvgIpc) is 4.03. The third kappa shape index (κ3) is 12.7. The number of nitrogens with one attached hydrogen (secondary N) is 2. The van der Waals surface area contributed by atoms with Crippen molar-refractivity contribution in [2.45, 2.75) is 92.3 Å². The Kier molecular flexibility index (Phi) is 16.3. The van der Waals surface area contributed by atoms with Crippen molar-refractivity contribution in [3.63, 3.8) is 0 Å². The van der Waals surface area contributed by atoms with Gasteiger partial charge in [-0.3, -0.25) is 19.2 Å². The summed E-state index contributed by atoms with van der Waals surface area (Å²) in [7, 11) is 1.47. The van der Waals surface area contributed by atoms with Gasteiger partial charge >= 0.3 is 17.9 Å². The standard InChI is InChI=1S/C45H55N3O9/c1-8-10-11-12-21-55-41(50)25-37(46)33-17-15-30(16-18-33)22-39(49)36-23-32(9-2)40(54-7)24-35(36)34-19-20-38(43(51)47-26-31-13-14-31)48-42(34)45(53)57-29(6)56-44(52)28(5)27(3)4/h9,15-20,23-24,27-29,31,46H,2,8,10-14,21-22,25-26H2,1,3-7H3,(H,47,51)/t28-,29?/m0/s1. The molecule has 1 amide bonds. The fraction of sp³-hybridized carbons (Fsp3) is 0.444. The first kappa shape index (κ1) is 44.1. The highest BCUT2D eigenvalue weighted by molar-refractivity contribution is 6.09. The van der Waals surface area contributed by atoms with Gasteiger partial charge in [0.15, 0.2) is 11.5 Å². The second-order valence-electron chi connectivity index (χ2n) is 14.8. The summed E-state index contributed by atoms with van der Waals surface area (Å²) in [5.74, 6) is -2.43. The van der Waals surface area contributed by atoms with E-state index in [0.717, 1.165) is 38.5 Å². The molecule has 1 aliphatic carbocycles. The van der Waals surface area contributed by atoms with Crippen LogP contribution in [0.2, 0.25) is 0 Å². The molecule has 57 heavy (non-hydrogen) atoms. The maximum Gasteiger partial charge on any atom is 0.360 e. The molecular weight excluding hydrogens is 727 g/mol. The summed E-state index contributed by atoms with van der Waals surface area (Å²) in [5, 5.41) is 11.3. The van der Waals surface area contributed by atoms with Crippen LogP contribution < -0.4 is 10.1 Å². The van der Waals surface area contributed by atoms with E-state index in [2.05, 4.69) is 23.8 Å². The molecule has 2 N–H and O–H groups in total. The van der Waals surface area contributed by atoms with Crippen LogP contribution >= 0.6 is 0 Å². The van der Waals surface area contributed by atoms with E-state index in [1.54, 1.807) is 49.4 Å². The first-order valence-electron chi connectivity index (χ1n) is 19.7. The van der Waals surface area contributed by atoms with Gasteiger partial charge in [-0.1, -0.05) is 83.9 Å². The highest BCUT2D eigenvalue weighted by Crippen LogP contribution is 2.35. The van der Waals surface area contributed by atoms with E-state index >= 15 is 0 Å². The number of carbonyl (C=O) groups is 5. The molecule has 0 radical (unpaired) electrons. The third-order valence-electron chi connectivity index (χ3n) is 9.93. The Bertz CT molecular complexity index is 1950. The minimum atomic E-state index is -1.28. The van der Waals surface area contributed by atoms with E-state index in [1.807, 2.05) is 13.8 Å². The number of ether oxygens (including phenoxy) is 4. The molecule has 12 nitrogen and oxygen atoms in total. The summed E-state index contributed by atoms with van der Waals surface area (Å²) in [5.41, 5.74) is 2.20. The Balaban J connectivity index is 1.64. The molecule has 1 aliphatic rings. The lowest BCUT2D eigenvalue weighted by Crippen LogP contribution is -2.29. The summed E-state index contributed by atoms with van der Waals surface area (Å²) in [4.78, 5) is 70.6. The molecule has 0 aliphatic heterocycles. The molecule has 1 aromatic heterocycles. The Morgan fingerprint density at radius 2 is 1.67 bits per heavy atom. The van der Waals surface area contributed by atoms with Crippen LogP contribution in [0.15, 0.2) is 55.1 Å². The number of pyridine rings is 1. The molecule has 3 aromatic rings. The number of carbonyl (C=O) groups excluding carboxylic acids is 5. The smallest absolute Gasteiger partial charge is 0.360 e. The van der Waals surface area contributed by atoms with Crippen LogP contribution in [-0.4, -0.2) is 66.8 Å². The zero-order valence-corrected chi connectivity index (χ0v) is 33.9. The quantitative estimate of drug-likeness (QED) is 0.0333. The number of hydrogen-bond acceptors (Lipinski definition) is 11. The van der Waals surface area contributed by atoms with Crippen molar-refractivity contribution in [1.29, 1.82) is 5.41 Å². The van der Waals surface area contributed by atoms with E-state index < -0.39 is 36.0 Å². The zero-order valence-electron chi connectivity index (χ0n) is 33.9. The molecule has 0 bridgehead atoms. The monoisotopic (exact) mass is 781 g/mol. The molecule has 1 unspecified atom stereocenters.